The largest absolute Gasteiger partial charge is 0.493 e. The van der Waals surface area contributed by atoms with Crippen LogP contribution in [0, 0.1) is 6.92 Å². The van der Waals surface area contributed by atoms with E-state index in [2.05, 4.69) is 17.1 Å². The van der Waals surface area contributed by atoms with Gasteiger partial charge in [0.25, 0.3) is 0 Å². The van der Waals surface area contributed by atoms with Crippen molar-refractivity contribution in [3.63, 3.8) is 0 Å². The zero-order valence-corrected chi connectivity index (χ0v) is 16.4. The summed E-state index contributed by atoms with van der Waals surface area (Å²) in [5, 5.41) is 0.722. The van der Waals surface area contributed by atoms with Crippen molar-refractivity contribution < 1.29 is 4.74 Å². The molecule has 4 aromatic rings. The van der Waals surface area contributed by atoms with Crippen LogP contribution in [0.25, 0.3) is 22.6 Å². The molecular weight excluding hydrogens is 368 g/mol. The van der Waals surface area contributed by atoms with Gasteiger partial charge in [-0.15, -0.1) is 0 Å². The number of hydrogen-bond acceptors (Lipinski definition) is 2. The van der Waals surface area contributed by atoms with Gasteiger partial charge in [0.15, 0.2) is 0 Å². The number of aromatic nitrogens is 2. The number of nitrogens with zero attached hydrogens (tertiary/aromatic N) is 1. The van der Waals surface area contributed by atoms with Gasteiger partial charge in [-0.2, -0.15) is 0 Å². The number of hydrogen-bond donors (Lipinski definition) is 1. The smallest absolute Gasteiger partial charge is 0.138 e. The summed E-state index contributed by atoms with van der Waals surface area (Å²) in [6, 6.07) is 26.1. The Labute approximate surface area is 170 Å². The predicted molar refractivity (Wildman–Crippen MR) is 115 cm³/mol. The Balaban J connectivity index is 1.44. The van der Waals surface area contributed by atoms with E-state index in [1.165, 1.54) is 5.56 Å². The normalized spacial score (nSPS) is 10.8. The first-order chi connectivity index (χ1) is 13.7. The average Bonchev–Trinajstić information content (AvgIpc) is 3.11. The Morgan fingerprint density at radius 1 is 0.857 bits per heavy atom. The molecule has 1 heterocycles. The lowest BCUT2D eigenvalue weighted by Crippen LogP contribution is -2.01. The highest BCUT2D eigenvalue weighted by molar-refractivity contribution is 6.30. The van der Waals surface area contributed by atoms with Gasteiger partial charge in [-0.25, -0.2) is 4.98 Å². The number of halogens is 1. The number of benzene rings is 3. The highest BCUT2D eigenvalue weighted by atomic mass is 35.5. The van der Waals surface area contributed by atoms with Crippen LogP contribution in [0.5, 0.6) is 5.75 Å². The van der Waals surface area contributed by atoms with Crippen molar-refractivity contribution in [1.29, 1.82) is 0 Å². The summed E-state index contributed by atoms with van der Waals surface area (Å²) >= 11 is 5.99. The second-order valence-electron chi connectivity index (χ2n) is 6.67. The van der Waals surface area contributed by atoms with E-state index in [4.69, 9.17) is 21.3 Å². The van der Waals surface area contributed by atoms with Crippen LogP contribution < -0.4 is 4.74 Å². The molecule has 1 N–H and O–H groups in total. The quantitative estimate of drug-likeness (QED) is 0.419. The van der Waals surface area contributed by atoms with Gasteiger partial charge in [0, 0.05) is 28.3 Å². The fraction of sp³-hybridized carbons (Fsp3) is 0.125. The first-order valence-corrected chi connectivity index (χ1v) is 9.66. The number of imidazole rings is 1. The van der Waals surface area contributed by atoms with Crippen LogP contribution in [0.1, 0.15) is 11.3 Å². The molecule has 0 fully saturated rings. The molecule has 3 aromatic carbocycles. The van der Waals surface area contributed by atoms with Crippen molar-refractivity contribution in [1.82, 2.24) is 9.97 Å². The zero-order chi connectivity index (χ0) is 19.3. The predicted octanol–water partition coefficient (Wildman–Crippen LogP) is 6.33. The Hall–Kier alpha value is -3.04. The minimum Gasteiger partial charge on any atom is -0.493 e. The Bertz CT molecular complexity index is 1040. The van der Waals surface area contributed by atoms with E-state index in [1.54, 1.807) is 0 Å². The number of rotatable bonds is 6. The van der Waals surface area contributed by atoms with Crippen molar-refractivity contribution in [2.45, 2.75) is 13.3 Å². The van der Waals surface area contributed by atoms with Crippen LogP contribution in [-0.4, -0.2) is 16.6 Å². The van der Waals surface area contributed by atoms with E-state index in [-0.39, 0.29) is 0 Å². The molecule has 0 saturated carbocycles. The second kappa shape index (κ2) is 8.32. The van der Waals surface area contributed by atoms with Gasteiger partial charge in [-0.1, -0.05) is 54.1 Å². The molecule has 0 aliphatic rings. The molecule has 0 bridgehead atoms. The lowest BCUT2D eigenvalue weighted by atomic mass is 10.1. The maximum absolute atomic E-state index is 5.99. The number of nitrogens with one attached hydrogen (secondary N) is 1. The number of aryl methyl sites for hydroxylation is 1. The molecule has 4 heteroatoms. The monoisotopic (exact) mass is 388 g/mol. The Morgan fingerprint density at radius 2 is 1.54 bits per heavy atom. The van der Waals surface area contributed by atoms with Gasteiger partial charge in [-0.05, 0) is 48.9 Å². The lowest BCUT2D eigenvalue weighted by molar-refractivity contribution is 0.322. The third kappa shape index (κ3) is 4.26. The van der Waals surface area contributed by atoms with E-state index < -0.39 is 0 Å². The molecule has 0 radical (unpaired) electrons. The third-order valence-electron chi connectivity index (χ3n) is 4.63. The van der Waals surface area contributed by atoms with Crippen molar-refractivity contribution >= 4 is 11.6 Å². The molecule has 0 aliphatic heterocycles. The molecule has 0 spiro atoms. The number of aromatic amines is 1. The molecule has 0 unspecified atom stereocenters. The van der Waals surface area contributed by atoms with E-state index in [1.807, 2.05) is 73.7 Å². The summed E-state index contributed by atoms with van der Waals surface area (Å²) in [5.41, 5.74) is 5.32. The third-order valence-corrected chi connectivity index (χ3v) is 4.88. The fourth-order valence-electron chi connectivity index (χ4n) is 3.13. The van der Waals surface area contributed by atoms with Crippen LogP contribution in [0.15, 0.2) is 78.9 Å². The molecule has 1 aromatic heterocycles. The summed E-state index contributed by atoms with van der Waals surface area (Å²) in [7, 11) is 0. The van der Waals surface area contributed by atoms with Gasteiger partial charge in [-0.3, -0.25) is 0 Å². The van der Waals surface area contributed by atoms with Crippen molar-refractivity contribution in [2.75, 3.05) is 6.61 Å². The highest BCUT2D eigenvalue weighted by Crippen LogP contribution is 2.27. The van der Waals surface area contributed by atoms with Crippen molar-refractivity contribution in [3.8, 4) is 28.4 Å². The van der Waals surface area contributed by atoms with Gasteiger partial charge < -0.3 is 9.72 Å². The minimum absolute atomic E-state index is 0.657. The number of ether oxygens (including phenoxy) is 1. The molecule has 0 saturated heterocycles. The van der Waals surface area contributed by atoms with Gasteiger partial charge in [0.2, 0.25) is 0 Å². The van der Waals surface area contributed by atoms with Crippen LogP contribution in [0.4, 0.5) is 0 Å². The number of H-pyrrole nitrogens is 1. The molecule has 140 valence electrons. The van der Waals surface area contributed by atoms with Crippen LogP contribution >= 0.6 is 11.6 Å². The summed E-state index contributed by atoms with van der Waals surface area (Å²) in [6.45, 7) is 2.69. The maximum atomic E-state index is 5.99. The van der Waals surface area contributed by atoms with E-state index >= 15 is 0 Å². The van der Waals surface area contributed by atoms with E-state index in [0.717, 1.165) is 45.5 Å². The fourth-order valence-corrected chi connectivity index (χ4v) is 3.25. The molecule has 3 nitrogen and oxygen atoms in total. The second-order valence-corrected chi connectivity index (χ2v) is 7.11. The summed E-state index contributed by atoms with van der Waals surface area (Å²) in [5.74, 6) is 1.71. The maximum Gasteiger partial charge on any atom is 0.138 e. The summed E-state index contributed by atoms with van der Waals surface area (Å²) in [4.78, 5) is 8.15. The van der Waals surface area contributed by atoms with E-state index in [0.29, 0.717) is 6.61 Å². The first kappa shape index (κ1) is 18.3. The topological polar surface area (TPSA) is 37.9 Å². The van der Waals surface area contributed by atoms with E-state index in [9.17, 15) is 0 Å². The SMILES string of the molecule is Cc1[nH]c(-c2ccc(OCCc3ccccc3)cc2)nc1-c1ccc(Cl)cc1. The standard InChI is InChI=1S/C24H21ClN2O/c1-17-23(19-7-11-21(25)12-8-19)27-24(26-17)20-9-13-22(14-10-20)28-16-15-18-5-3-2-4-6-18/h2-14H,15-16H2,1H3,(H,26,27). The van der Waals surface area contributed by atoms with Crippen LogP contribution in [0.2, 0.25) is 5.02 Å². The summed E-state index contributed by atoms with van der Waals surface area (Å²) in [6.07, 6.45) is 0.893. The molecule has 28 heavy (non-hydrogen) atoms. The molecule has 0 aliphatic carbocycles. The lowest BCUT2D eigenvalue weighted by Gasteiger charge is -2.07. The summed E-state index contributed by atoms with van der Waals surface area (Å²) < 4.78 is 5.87. The van der Waals surface area contributed by atoms with Crippen LogP contribution in [-0.2, 0) is 6.42 Å². The Kier molecular flexibility index (Phi) is 5.45. The van der Waals surface area contributed by atoms with Crippen molar-refractivity contribution in [2.24, 2.45) is 0 Å². The first-order valence-electron chi connectivity index (χ1n) is 9.29. The highest BCUT2D eigenvalue weighted by Gasteiger charge is 2.10. The van der Waals surface area contributed by atoms with Crippen LogP contribution in [0.3, 0.4) is 0 Å². The van der Waals surface area contributed by atoms with Gasteiger partial charge in [0.1, 0.15) is 11.6 Å². The van der Waals surface area contributed by atoms with Crippen molar-refractivity contribution in [3.05, 3.63) is 95.1 Å². The molecular formula is C24H21ClN2O. The minimum atomic E-state index is 0.657. The average molecular weight is 389 g/mol. The van der Waals surface area contributed by atoms with Gasteiger partial charge >= 0.3 is 0 Å². The zero-order valence-electron chi connectivity index (χ0n) is 15.7. The molecule has 4 rings (SSSR count). The molecule has 0 amide bonds. The van der Waals surface area contributed by atoms with Gasteiger partial charge in [0.05, 0.1) is 12.3 Å². The molecule has 0 atom stereocenters. The Morgan fingerprint density at radius 3 is 2.25 bits per heavy atom.